The summed E-state index contributed by atoms with van der Waals surface area (Å²) in [6, 6.07) is 11.3. The highest BCUT2D eigenvalue weighted by atomic mass is 35.5. The van der Waals surface area contributed by atoms with E-state index < -0.39 is 0 Å². The highest BCUT2D eigenvalue weighted by molar-refractivity contribution is 7.98. The molecule has 1 aromatic carbocycles. The van der Waals surface area contributed by atoms with E-state index in [0.717, 1.165) is 21.5 Å². The molecule has 0 fully saturated rings. The number of pyridine rings is 1. The van der Waals surface area contributed by atoms with Gasteiger partial charge in [-0.15, -0.1) is 11.8 Å². The van der Waals surface area contributed by atoms with Crippen LogP contribution in [0.3, 0.4) is 0 Å². The minimum atomic E-state index is -0.123. The van der Waals surface area contributed by atoms with E-state index in [4.69, 9.17) is 11.6 Å². The van der Waals surface area contributed by atoms with Gasteiger partial charge in [-0.25, -0.2) is 4.98 Å². The van der Waals surface area contributed by atoms with Crippen LogP contribution in [0.4, 0.5) is 0 Å². The third kappa shape index (κ3) is 3.28. The van der Waals surface area contributed by atoms with Gasteiger partial charge < -0.3 is 9.88 Å². The number of hydrogen-bond donors (Lipinski definition) is 1. The summed E-state index contributed by atoms with van der Waals surface area (Å²) in [6.45, 7) is 1.95. The van der Waals surface area contributed by atoms with Crippen LogP contribution in [0, 0.1) is 0 Å². The summed E-state index contributed by atoms with van der Waals surface area (Å²) in [4.78, 5) is 17.0. The lowest BCUT2D eigenvalue weighted by Crippen LogP contribution is -2.28. The molecule has 0 aliphatic carbocycles. The van der Waals surface area contributed by atoms with Crippen LogP contribution in [0.1, 0.15) is 29.0 Å². The van der Waals surface area contributed by atoms with Crippen LogP contribution in [0.2, 0.25) is 5.02 Å². The van der Waals surface area contributed by atoms with E-state index in [0.29, 0.717) is 10.7 Å². The Morgan fingerprint density at radius 1 is 1.29 bits per heavy atom. The second-order valence-electron chi connectivity index (χ2n) is 5.62. The molecule has 3 aromatic rings. The van der Waals surface area contributed by atoms with Gasteiger partial charge in [-0.05, 0) is 43.0 Å². The molecule has 0 saturated heterocycles. The minimum absolute atomic E-state index is 0.119. The lowest BCUT2D eigenvalue weighted by atomic mass is 10.1. The van der Waals surface area contributed by atoms with E-state index in [2.05, 4.69) is 10.3 Å². The summed E-state index contributed by atoms with van der Waals surface area (Å²) in [5.41, 5.74) is 2.52. The molecule has 0 bridgehead atoms. The van der Waals surface area contributed by atoms with Crippen molar-refractivity contribution < 1.29 is 4.79 Å². The van der Waals surface area contributed by atoms with E-state index in [1.54, 1.807) is 18.0 Å². The van der Waals surface area contributed by atoms with Crippen molar-refractivity contribution in [1.29, 1.82) is 0 Å². The molecule has 2 heterocycles. The number of thioether (sulfide) groups is 1. The van der Waals surface area contributed by atoms with Crippen LogP contribution in [0.25, 0.3) is 10.9 Å². The highest BCUT2D eigenvalue weighted by Gasteiger charge is 2.16. The summed E-state index contributed by atoms with van der Waals surface area (Å²) in [5, 5.41) is 5.64. The summed E-state index contributed by atoms with van der Waals surface area (Å²) in [5.74, 6) is -0.119. The van der Waals surface area contributed by atoms with Crippen molar-refractivity contribution >= 4 is 40.2 Å². The Kier molecular flexibility index (Phi) is 4.83. The molecule has 0 radical (unpaired) electrons. The van der Waals surface area contributed by atoms with E-state index in [-0.39, 0.29) is 11.9 Å². The summed E-state index contributed by atoms with van der Waals surface area (Å²) in [6.07, 6.45) is 3.79. The zero-order valence-electron chi connectivity index (χ0n) is 13.7. The van der Waals surface area contributed by atoms with Gasteiger partial charge in [-0.3, -0.25) is 4.79 Å². The van der Waals surface area contributed by atoms with E-state index in [1.165, 1.54) is 0 Å². The Morgan fingerprint density at radius 3 is 2.75 bits per heavy atom. The fraction of sp³-hybridized carbons (Fsp3) is 0.222. The Morgan fingerprint density at radius 2 is 2.08 bits per heavy atom. The highest BCUT2D eigenvalue weighted by Crippen LogP contribution is 2.23. The van der Waals surface area contributed by atoms with Gasteiger partial charge >= 0.3 is 0 Å². The molecule has 6 heteroatoms. The second kappa shape index (κ2) is 6.87. The van der Waals surface area contributed by atoms with Crippen LogP contribution in [-0.4, -0.2) is 21.7 Å². The molecule has 1 unspecified atom stereocenters. The molecule has 1 N–H and O–H groups in total. The van der Waals surface area contributed by atoms with Gasteiger partial charge in [0.2, 0.25) is 0 Å². The zero-order chi connectivity index (χ0) is 17.3. The fourth-order valence-corrected chi connectivity index (χ4v) is 3.17. The third-order valence-corrected chi connectivity index (χ3v) is 4.95. The van der Waals surface area contributed by atoms with Crippen LogP contribution in [0.5, 0.6) is 0 Å². The number of carbonyl (C=O) groups is 1. The van der Waals surface area contributed by atoms with Crippen molar-refractivity contribution in [2.75, 3.05) is 6.26 Å². The smallest absolute Gasteiger partial charge is 0.268 e. The zero-order valence-corrected chi connectivity index (χ0v) is 15.3. The Labute approximate surface area is 150 Å². The lowest BCUT2D eigenvalue weighted by molar-refractivity contribution is 0.0932. The van der Waals surface area contributed by atoms with E-state index in [1.807, 2.05) is 61.2 Å². The standard InChI is InChI=1S/C18H18ClN3OS/c1-11(13-5-7-17(24-3)20-10-13)21-18(23)16-8-12-4-6-14(19)9-15(12)22(16)2/h4-11H,1-3H3,(H,21,23). The molecule has 1 amide bonds. The molecular formula is C18H18ClN3OS. The number of nitrogens with one attached hydrogen (secondary N) is 1. The largest absolute Gasteiger partial charge is 0.344 e. The SMILES string of the molecule is CSc1ccc(C(C)NC(=O)c2cc3ccc(Cl)cc3n2C)cn1. The van der Waals surface area contributed by atoms with Crippen LogP contribution in [-0.2, 0) is 7.05 Å². The van der Waals surface area contributed by atoms with Gasteiger partial charge in [-0.2, -0.15) is 0 Å². The van der Waals surface area contributed by atoms with Crippen molar-refractivity contribution in [3.05, 3.63) is 58.9 Å². The van der Waals surface area contributed by atoms with Gasteiger partial charge in [0.25, 0.3) is 5.91 Å². The molecule has 2 aromatic heterocycles. The molecule has 4 nitrogen and oxygen atoms in total. The number of fused-ring (bicyclic) bond motifs is 1. The van der Waals surface area contributed by atoms with Gasteiger partial charge in [0.15, 0.2) is 0 Å². The minimum Gasteiger partial charge on any atom is -0.344 e. The first kappa shape index (κ1) is 16.9. The predicted molar refractivity (Wildman–Crippen MR) is 99.8 cm³/mol. The number of hydrogen-bond acceptors (Lipinski definition) is 3. The number of halogens is 1. The van der Waals surface area contributed by atoms with Gasteiger partial charge in [0, 0.05) is 29.2 Å². The van der Waals surface area contributed by atoms with Crippen LogP contribution < -0.4 is 5.32 Å². The maximum atomic E-state index is 12.6. The van der Waals surface area contributed by atoms with Crippen molar-refractivity contribution in [2.24, 2.45) is 7.05 Å². The van der Waals surface area contributed by atoms with Gasteiger partial charge in [0.1, 0.15) is 5.69 Å². The summed E-state index contributed by atoms with van der Waals surface area (Å²) < 4.78 is 1.86. The van der Waals surface area contributed by atoms with Crippen LogP contribution >= 0.6 is 23.4 Å². The van der Waals surface area contributed by atoms with Crippen molar-refractivity contribution in [2.45, 2.75) is 18.0 Å². The van der Waals surface area contributed by atoms with Crippen molar-refractivity contribution in [3.8, 4) is 0 Å². The molecule has 0 saturated carbocycles. The number of amides is 1. The molecule has 3 rings (SSSR count). The average Bonchev–Trinajstić information content (AvgIpc) is 2.91. The first-order valence-corrected chi connectivity index (χ1v) is 9.15. The number of carbonyl (C=O) groups excluding carboxylic acids is 1. The molecule has 0 spiro atoms. The topological polar surface area (TPSA) is 46.9 Å². The first-order valence-electron chi connectivity index (χ1n) is 7.55. The van der Waals surface area contributed by atoms with Gasteiger partial charge in [0.05, 0.1) is 11.1 Å². The van der Waals surface area contributed by atoms with Crippen LogP contribution in [0.15, 0.2) is 47.6 Å². The van der Waals surface area contributed by atoms with E-state index in [9.17, 15) is 4.79 Å². The normalized spacial score (nSPS) is 12.3. The second-order valence-corrected chi connectivity index (χ2v) is 6.88. The Balaban J connectivity index is 1.82. The molecule has 24 heavy (non-hydrogen) atoms. The number of aryl methyl sites for hydroxylation is 1. The molecule has 0 aliphatic heterocycles. The number of aromatic nitrogens is 2. The summed E-state index contributed by atoms with van der Waals surface area (Å²) >= 11 is 7.64. The quantitative estimate of drug-likeness (QED) is 0.700. The molecule has 124 valence electrons. The Hall–Kier alpha value is -1.98. The molecular weight excluding hydrogens is 342 g/mol. The summed E-state index contributed by atoms with van der Waals surface area (Å²) in [7, 11) is 1.87. The maximum absolute atomic E-state index is 12.6. The monoisotopic (exact) mass is 359 g/mol. The predicted octanol–water partition coefficient (Wildman–Crippen LogP) is 4.44. The van der Waals surface area contributed by atoms with Crippen molar-refractivity contribution in [1.82, 2.24) is 14.9 Å². The maximum Gasteiger partial charge on any atom is 0.268 e. The number of nitrogens with zero attached hydrogens (tertiary/aromatic N) is 2. The van der Waals surface area contributed by atoms with Crippen molar-refractivity contribution in [3.63, 3.8) is 0 Å². The average molecular weight is 360 g/mol. The fourth-order valence-electron chi connectivity index (χ4n) is 2.64. The first-order chi connectivity index (χ1) is 11.5. The van der Waals surface area contributed by atoms with E-state index >= 15 is 0 Å². The lowest BCUT2D eigenvalue weighted by Gasteiger charge is -2.14. The van der Waals surface area contributed by atoms with Gasteiger partial charge in [-0.1, -0.05) is 23.7 Å². The number of benzene rings is 1. The molecule has 0 aliphatic rings. The Bertz CT molecular complexity index is 889. The molecule has 1 atom stereocenters. The number of rotatable bonds is 4. The third-order valence-electron chi connectivity index (χ3n) is 4.06.